The molecule has 0 bridgehead atoms. The minimum absolute atomic E-state index is 0.120. The Hall–Kier alpha value is -1.32. The van der Waals surface area contributed by atoms with Crippen LogP contribution in [0.4, 0.5) is 0 Å². The summed E-state index contributed by atoms with van der Waals surface area (Å²) < 4.78 is 0. The third-order valence-electron chi connectivity index (χ3n) is 4.15. The molecule has 1 N–H and O–H groups in total. The van der Waals surface area contributed by atoms with E-state index >= 15 is 0 Å². The van der Waals surface area contributed by atoms with E-state index in [0.717, 1.165) is 31.5 Å². The van der Waals surface area contributed by atoms with Crippen molar-refractivity contribution in [2.75, 3.05) is 6.54 Å². The number of Topliss-reactive ketones (excluding diaryl/α,β-unsaturated/α-hetero) is 1. The smallest absolute Gasteiger partial charge is 0.269 e. The first-order chi connectivity index (χ1) is 9.47. The van der Waals surface area contributed by atoms with Gasteiger partial charge in [0.05, 0.1) is 5.70 Å². The molecular formula is C16H26N2O2. The molecule has 0 aromatic carbocycles. The summed E-state index contributed by atoms with van der Waals surface area (Å²) in [5.41, 5.74) is 0.739. The Morgan fingerprint density at radius 2 is 1.95 bits per heavy atom. The van der Waals surface area contributed by atoms with E-state index in [2.05, 4.69) is 26.1 Å². The molecule has 0 radical (unpaired) electrons. The van der Waals surface area contributed by atoms with Gasteiger partial charge in [-0.3, -0.25) is 9.59 Å². The number of carbonyl (C=O) groups is 2. The second-order valence-electron chi connectivity index (χ2n) is 6.51. The number of nitrogens with one attached hydrogen (secondary N) is 1. The number of amides is 1. The summed E-state index contributed by atoms with van der Waals surface area (Å²) in [6.07, 6.45) is 5.93. The standard InChI is InChI=1S/C16H26N2O2/c1-11(2)10-18-12(3)4-9-15(16(18)20)17-13-5-7-14(19)8-6-13/h9,11-13,17H,4-8,10H2,1-3H3. The minimum Gasteiger partial charge on any atom is -0.378 e. The molecule has 1 saturated carbocycles. The lowest BCUT2D eigenvalue weighted by Gasteiger charge is -2.36. The second-order valence-corrected chi connectivity index (χ2v) is 6.51. The molecule has 0 saturated heterocycles. The zero-order chi connectivity index (χ0) is 14.7. The molecule has 1 heterocycles. The molecule has 0 aromatic rings. The molecule has 1 atom stereocenters. The summed E-state index contributed by atoms with van der Waals surface area (Å²) in [5, 5.41) is 3.37. The third-order valence-corrected chi connectivity index (χ3v) is 4.15. The molecule has 2 aliphatic rings. The van der Waals surface area contributed by atoms with Crippen LogP contribution in [0.3, 0.4) is 0 Å². The number of nitrogens with zero attached hydrogens (tertiary/aromatic N) is 1. The lowest BCUT2D eigenvalue weighted by Crippen LogP contribution is -2.48. The van der Waals surface area contributed by atoms with Crippen molar-refractivity contribution in [3.63, 3.8) is 0 Å². The lowest BCUT2D eigenvalue weighted by atomic mass is 9.93. The van der Waals surface area contributed by atoms with Gasteiger partial charge >= 0.3 is 0 Å². The van der Waals surface area contributed by atoms with E-state index < -0.39 is 0 Å². The van der Waals surface area contributed by atoms with Crippen LogP contribution in [0.1, 0.15) is 52.9 Å². The van der Waals surface area contributed by atoms with Crippen molar-refractivity contribution >= 4 is 11.7 Å². The van der Waals surface area contributed by atoms with Gasteiger partial charge in [0.2, 0.25) is 0 Å². The monoisotopic (exact) mass is 278 g/mol. The highest BCUT2D eigenvalue weighted by Gasteiger charge is 2.29. The number of ketones is 1. The zero-order valence-corrected chi connectivity index (χ0v) is 12.8. The number of hydrogen-bond donors (Lipinski definition) is 1. The van der Waals surface area contributed by atoms with E-state index in [4.69, 9.17) is 0 Å². The summed E-state index contributed by atoms with van der Waals surface area (Å²) in [4.78, 5) is 25.8. The van der Waals surface area contributed by atoms with Gasteiger partial charge in [-0.05, 0) is 32.1 Å². The van der Waals surface area contributed by atoms with Gasteiger partial charge < -0.3 is 10.2 Å². The van der Waals surface area contributed by atoms with Crippen molar-refractivity contribution in [3.05, 3.63) is 11.8 Å². The lowest BCUT2D eigenvalue weighted by molar-refractivity contribution is -0.131. The van der Waals surface area contributed by atoms with Crippen LogP contribution in [0, 0.1) is 5.92 Å². The highest BCUT2D eigenvalue weighted by atomic mass is 16.2. The Kier molecular flexibility index (Phi) is 4.84. The van der Waals surface area contributed by atoms with E-state index in [1.54, 1.807) is 0 Å². The molecule has 2 rings (SSSR count). The van der Waals surface area contributed by atoms with Gasteiger partial charge in [-0.1, -0.05) is 19.9 Å². The van der Waals surface area contributed by atoms with Crippen molar-refractivity contribution in [3.8, 4) is 0 Å². The Balaban J connectivity index is 1.97. The van der Waals surface area contributed by atoms with Gasteiger partial charge in [-0.2, -0.15) is 0 Å². The first-order valence-corrected chi connectivity index (χ1v) is 7.76. The van der Waals surface area contributed by atoms with Gasteiger partial charge in [0, 0.05) is 31.5 Å². The van der Waals surface area contributed by atoms with E-state index in [-0.39, 0.29) is 18.0 Å². The first-order valence-electron chi connectivity index (χ1n) is 7.76. The zero-order valence-electron chi connectivity index (χ0n) is 12.8. The van der Waals surface area contributed by atoms with Gasteiger partial charge in [0.15, 0.2) is 0 Å². The van der Waals surface area contributed by atoms with Gasteiger partial charge in [-0.15, -0.1) is 0 Å². The molecule has 20 heavy (non-hydrogen) atoms. The summed E-state index contributed by atoms with van der Waals surface area (Å²) >= 11 is 0. The first kappa shape index (κ1) is 15.1. The molecule has 4 nitrogen and oxygen atoms in total. The molecule has 0 aromatic heterocycles. The SMILES string of the molecule is CC(C)CN1C(=O)C(NC2CCC(=O)CC2)=CCC1C. The van der Waals surface area contributed by atoms with Crippen LogP contribution in [0.2, 0.25) is 0 Å². The van der Waals surface area contributed by atoms with Crippen LogP contribution in [-0.2, 0) is 9.59 Å². The van der Waals surface area contributed by atoms with Gasteiger partial charge in [0.25, 0.3) is 5.91 Å². The average molecular weight is 278 g/mol. The number of hydrogen-bond acceptors (Lipinski definition) is 3. The van der Waals surface area contributed by atoms with E-state index in [9.17, 15) is 9.59 Å². The van der Waals surface area contributed by atoms with Crippen LogP contribution in [-0.4, -0.2) is 35.2 Å². The molecule has 1 aliphatic carbocycles. The maximum atomic E-state index is 12.5. The van der Waals surface area contributed by atoms with Crippen molar-refractivity contribution in [2.24, 2.45) is 5.92 Å². The van der Waals surface area contributed by atoms with Crippen LogP contribution in [0.5, 0.6) is 0 Å². The maximum absolute atomic E-state index is 12.5. The highest BCUT2D eigenvalue weighted by Crippen LogP contribution is 2.21. The van der Waals surface area contributed by atoms with Crippen molar-refractivity contribution in [2.45, 2.75) is 65.0 Å². The minimum atomic E-state index is 0.120. The van der Waals surface area contributed by atoms with Gasteiger partial charge in [0.1, 0.15) is 5.78 Å². The normalized spacial score (nSPS) is 25.1. The van der Waals surface area contributed by atoms with Crippen LogP contribution in [0.15, 0.2) is 11.8 Å². The number of rotatable bonds is 4. The van der Waals surface area contributed by atoms with E-state index in [1.165, 1.54) is 0 Å². The summed E-state index contributed by atoms with van der Waals surface area (Å²) in [6.45, 7) is 7.19. The van der Waals surface area contributed by atoms with E-state index in [1.807, 2.05) is 11.0 Å². The van der Waals surface area contributed by atoms with Crippen LogP contribution in [0.25, 0.3) is 0 Å². The van der Waals surface area contributed by atoms with Crippen LogP contribution < -0.4 is 5.32 Å². The topological polar surface area (TPSA) is 49.4 Å². The fraction of sp³-hybridized carbons (Fsp3) is 0.750. The molecule has 1 fully saturated rings. The maximum Gasteiger partial charge on any atom is 0.269 e. The molecule has 1 amide bonds. The molecular weight excluding hydrogens is 252 g/mol. The Labute approximate surface area is 121 Å². The fourth-order valence-electron chi connectivity index (χ4n) is 2.94. The Bertz CT molecular complexity index is 405. The second kappa shape index (κ2) is 6.42. The summed E-state index contributed by atoms with van der Waals surface area (Å²) in [7, 11) is 0. The largest absolute Gasteiger partial charge is 0.378 e. The van der Waals surface area contributed by atoms with Crippen molar-refractivity contribution in [1.29, 1.82) is 0 Å². The van der Waals surface area contributed by atoms with Crippen molar-refractivity contribution in [1.82, 2.24) is 10.2 Å². The molecule has 0 spiro atoms. The quantitative estimate of drug-likeness (QED) is 0.858. The molecule has 1 unspecified atom stereocenters. The third kappa shape index (κ3) is 3.62. The van der Waals surface area contributed by atoms with Crippen molar-refractivity contribution < 1.29 is 9.59 Å². The van der Waals surface area contributed by atoms with Crippen LogP contribution >= 0.6 is 0 Å². The fourth-order valence-corrected chi connectivity index (χ4v) is 2.94. The Morgan fingerprint density at radius 3 is 2.55 bits per heavy atom. The molecule has 4 heteroatoms. The van der Waals surface area contributed by atoms with E-state index in [0.29, 0.717) is 24.5 Å². The molecule has 112 valence electrons. The highest BCUT2D eigenvalue weighted by molar-refractivity contribution is 5.94. The van der Waals surface area contributed by atoms with Gasteiger partial charge in [-0.25, -0.2) is 0 Å². The number of carbonyl (C=O) groups excluding carboxylic acids is 2. The summed E-state index contributed by atoms with van der Waals surface area (Å²) in [6, 6.07) is 0.556. The average Bonchev–Trinajstić information content (AvgIpc) is 2.40. The molecule has 1 aliphatic heterocycles. The summed E-state index contributed by atoms with van der Waals surface area (Å²) in [5.74, 6) is 0.949. The Morgan fingerprint density at radius 1 is 1.30 bits per heavy atom. The predicted molar refractivity (Wildman–Crippen MR) is 79.1 cm³/mol. The predicted octanol–water partition coefficient (Wildman–Crippen LogP) is 2.25.